The van der Waals surface area contributed by atoms with Gasteiger partial charge in [-0.25, -0.2) is 0 Å². The first-order chi connectivity index (χ1) is 12.6. The second kappa shape index (κ2) is 10.4. The third-order valence-electron chi connectivity index (χ3n) is 4.79. The van der Waals surface area contributed by atoms with Gasteiger partial charge in [0.15, 0.2) is 5.96 Å². The molecule has 3 rings (SSSR count). The van der Waals surface area contributed by atoms with Crippen LogP contribution in [0.4, 0.5) is 5.69 Å². The average molecular weight is 504 g/mol. The van der Waals surface area contributed by atoms with E-state index in [0.29, 0.717) is 24.3 Å². The van der Waals surface area contributed by atoms with E-state index in [9.17, 15) is 4.79 Å². The Balaban J connectivity index is 0.00000261. The molecule has 0 aliphatic carbocycles. The maximum atomic E-state index is 11.4. The van der Waals surface area contributed by atoms with E-state index in [1.807, 2.05) is 30.0 Å². The van der Waals surface area contributed by atoms with Crippen molar-refractivity contribution in [1.29, 1.82) is 0 Å². The molecule has 0 radical (unpaired) electrons. The number of hydrogen-bond acceptors (Lipinski definition) is 4. The van der Waals surface area contributed by atoms with Crippen LogP contribution in [0, 0.1) is 0 Å². The number of aliphatic imine (C=N–C) groups is 1. The van der Waals surface area contributed by atoms with Gasteiger partial charge >= 0.3 is 0 Å². The number of fused-ring (bicyclic) bond motifs is 1. The number of guanidine groups is 1. The van der Waals surface area contributed by atoms with E-state index in [1.165, 1.54) is 18.6 Å². The first kappa shape index (κ1) is 22.1. The van der Waals surface area contributed by atoms with Crippen molar-refractivity contribution < 1.29 is 9.53 Å². The van der Waals surface area contributed by atoms with E-state index >= 15 is 0 Å². The SMILES string of the molecule is CN=C(NCCOc1ccc2c(c1)CCC(=O)N2)NCC1(C)CCCS1.I. The fourth-order valence-corrected chi connectivity index (χ4v) is 4.50. The molecule has 0 saturated carbocycles. The molecule has 150 valence electrons. The standard InChI is InChI=1S/C19H28N4O2S.HI/c1-19(8-3-11-26-19)13-22-18(20-2)21-9-10-25-15-5-6-16-14(12-15)4-7-17(24)23-16;/h5-6,12H,3-4,7-11,13H2,1-2H3,(H,23,24)(H2,20,21,22);1H. The van der Waals surface area contributed by atoms with Gasteiger partial charge in [-0.05, 0) is 55.7 Å². The third kappa shape index (κ3) is 6.44. The molecule has 1 aromatic rings. The molecule has 8 heteroatoms. The van der Waals surface area contributed by atoms with Crippen molar-refractivity contribution in [3.05, 3.63) is 23.8 Å². The van der Waals surface area contributed by atoms with Crippen LogP contribution in [0.25, 0.3) is 0 Å². The fraction of sp³-hybridized carbons (Fsp3) is 0.579. The van der Waals surface area contributed by atoms with Gasteiger partial charge in [-0.2, -0.15) is 11.8 Å². The summed E-state index contributed by atoms with van der Waals surface area (Å²) in [5, 5.41) is 9.60. The summed E-state index contributed by atoms with van der Waals surface area (Å²) >= 11 is 2.04. The number of nitrogens with zero attached hydrogens (tertiary/aromatic N) is 1. The molecular formula is C19H29IN4O2S. The van der Waals surface area contributed by atoms with Crippen LogP contribution in [0.5, 0.6) is 5.75 Å². The predicted molar refractivity (Wildman–Crippen MR) is 124 cm³/mol. The molecule has 0 spiro atoms. The topological polar surface area (TPSA) is 74.8 Å². The van der Waals surface area contributed by atoms with Crippen LogP contribution < -0.4 is 20.7 Å². The van der Waals surface area contributed by atoms with Crippen molar-refractivity contribution >= 4 is 53.3 Å². The number of carbonyl (C=O) groups excluding carboxylic acids is 1. The minimum absolute atomic E-state index is 0. The summed E-state index contributed by atoms with van der Waals surface area (Å²) in [5.74, 6) is 2.98. The molecule has 27 heavy (non-hydrogen) atoms. The number of aryl methyl sites for hydroxylation is 1. The number of thioether (sulfide) groups is 1. The Bertz CT molecular complexity index is 678. The highest BCUT2D eigenvalue weighted by molar-refractivity contribution is 14.0. The third-order valence-corrected chi connectivity index (χ3v) is 6.33. The maximum Gasteiger partial charge on any atom is 0.224 e. The fourth-order valence-electron chi connectivity index (χ4n) is 3.26. The molecule has 1 fully saturated rings. The van der Waals surface area contributed by atoms with Gasteiger partial charge in [0.25, 0.3) is 0 Å². The molecule has 6 nitrogen and oxygen atoms in total. The number of hydrogen-bond donors (Lipinski definition) is 3. The van der Waals surface area contributed by atoms with E-state index in [2.05, 4.69) is 27.9 Å². The summed E-state index contributed by atoms with van der Waals surface area (Å²) < 4.78 is 6.14. The number of amides is 1. The quantitative estimate of drug-likeness (QED) is 0.241. The van der Waals surface area contributed by atoms with Crippen molar-refractivity contribution in [3.8, 4) is 5.75 Å². The van der Waals surface area contributed by atoms with E-state index in [1.54, 1.807) is 7.05 Å². The molecule has 2 aliphatic heterocycles. The Morgan fingerprint density at radius 3 is 2.96 bits per heavy atom. The molecule has 2 aliphatic rings. The van der Waals surface area contributed by atoms with Gasteiger partial charge in [-0.15, -0.1) is 24.0 Å². The van der Waals surface area contributed by atoms with Gasteiger partial charge in [-0.1, -0.05) is 0 Å². The average Bonchev–Trinajstić information content (AvgIpc) is 3.08. The summed E-state index contributed by atoms with van der Waals surface area (Å²) in [5.41, 5.74) is 2.03. The maximum absolute atomic E-state index is 11.4. The highest BCUT2D eigenvalue weighted by Crippen LogP contribution is 2.36. The van der Waals surface area contributed by atoms with Gasteiger partial charge in [0.1, 0.15) is 12.4 Å². The van der Waals surface area contributed by atoms with E-state index in [0.717, 1.165) is 35.9 Å². The molecule has 0 bridgehead atoms. The van der Waals surface area contributed by atoms with Crippen LogP contribution in [-0.2, 0) is 11.2 Å². The van der Waals surface area contributed by atoms with Crippen molar-refractivity contribution in [2.24, 2.45) is 4.99 Å². The highest BCUT2D eigenvalue weighted by Gasteiger charge is 2.29. The number of benzene rings is 1. The highest BCUT2D eigenvalue weighted by atomic mass is 127. The summed E-state index contributed by atoms with van der Waals surface area (Å²) in [7, 11) is 1.79. The summed E-state index contributed by atoms with van der Waals surface area (Å²) in [6.07, 6.45) is 3.86. The zero-order chi connectivity index (χ0) is 18.4. The first-order valence-corrected chi connectivity index (χ1v) is 10.2. The van der Waals surface area contributed by atoms with Gasteiger partial charge in [0.05, 0.1) is 6.54 Å². The molecule has 1 amide bonds. The van der Waals surface area contributed by atoms with E-state index in [4.69, 9.17) is 4.74 Å². The number of nitrogens with one attached hydrogen (secondary N) is 3. The second-order valence-corrected chi connectivity index (χ2v) is 8.65. The molecule has 1 unspecified atom stereocenters. The Hall–Kier alpha value is -1.16. The second-order valence-electron chi connectivity index (χ2n) is 6.97. The summed E-state index contributed by atoms with van der Waals surface area (Å²) in [6, 6.07) is 5.82. The Morgan fingerprint density at radius 1 is 1.37 bits per heavy atom. The lowest BCUT2D eigenvalue weighted by atomic mass is 10.0. The molecule has 1 saturated heterocycles. The smallest absolute Gasteiger partial charge is 0.224 e. The van der Waals surface area contributed by atoms with Crippen LogP contribution in [0.2, 0.25) is 0 Å². The Morgan fingerprint density at radius 2 is 2.22 bits per heavy atom. The lowest BCUT2D eigenvalue weighted by molar-refractivity contribution is -0.116. The van der Waals surface area contributed by atoms with E-state index in [-0.39, 0.29) is 29.9 Å². The molecule has 1 aromatic carbocycles. The van der Waals surface area contributed by atoms with Crippen molar-refractivity contribution in [2.75, 3.05) is 37.8 Å². The predicted octanol–water partition coefficient (Wildman–Crippen LogP) is 3.02. The van der Waals surface area contributed by atoms with Crippen LogP contribution in [-0.4, -0.2) is 49.1 Å². The normalized spacial score (nSPS) is 21.7. The van der Waals surface area contributed by atoms with Gasteiger partial charge in [0.2, 0.25) is 5.91 Å². The van der Waals surface area contributed by atoms with Crippen LogP contribution >= 0.6 is 35.7 Å². The monoisotopic (exact) mass is 504 g/mol. The minimum Gasteiger partial charge on any atom is -0.492 e. The van der Waals surface area contributed by atoms with Crippen molar-refractivity contribution in [2.45, 2.75) is 37.4 Å². The van der Waals surface area contributed by atoms with Gasteiger partial charge in [-0.3, -0.25) is 9.79 Å². The zero-order valence-electron chi connectivity index (χ0n) is 16.0. The van der Waals surface area contributed by atoms with Crippen LogP contribution in [0.3, 0.4) is 0 Å². The summed E-state index contributed by atoms with van der Waals surface area (Å²) in [6.45, 7) is 4.47. The largest absolute Gasteiger partial charge is 0.492 e. The number of ether oxygens (including phenoxy) is 1. The molecule has 1 atom stereocenters. The lowest BCUT2D eigenvalue weighted by Crippen LogP contribution is -2.44. The number of rotatable bonds is 6. The number of halogens is 1. The van der Waals surface area contributed by atoms with Crippen LogP contribution in [0.15, 0.2) is 23.2 Å². The summed E-state index contributed by atoms with van der Waals surface area (Å²) in [4.78, 5) is 15.7. The number of anilines is 1. The minimum atomic E-state index is 0. The Kier molecular flexibility index (Phi) is 8.53. The van der Waals surface area contributed by atoms with Crippen LogP contribution in [0.1, 0.15) is 31.7 Å². The molecule has 0 aromatic heterocycles. The molecule has 2 heterocycles. The molecular weight excluding hydrogens is 475 g/mol. The van der Waals surface area contributed by atoms with Crippen molar-refractivity contribution in [3.63, 3.8) is 0 Å². The molecule has 3 N–H and O–H groups in total. The Labute approximate surface area is 182 Å². The zero-order valence-corrected chi connectivity index (χ0v) is 19.1. The lowest BCUT2D eigenvalue weighted by Gasteiger charge is -2.24. The van der Waals surface area contributed by atoms with Gasteiger partial charge < -0.3 is 20.7 Å². The van der Waals surface area contributed by atoms with Crippen molar-refractivity contribution in [1.82, 2.24) is 10.6 Å². The number of carbonyl (C=O) groups is 1. The first-order valence-electron chi connectivity index (χ1n) is 9.22. The van der Waals surface area contributed by atoms with E-state index < -0.39 is 0 Å². The van der Waals surface area contributed by atoms with Gasteiger partial charge in [0, 0.05) is 30.4 Å².